The molecular formula is C7H5ClN2O2S2. The molecule has 74 valence electrons. The van der Waals surface area contributed by atoms with E-state index < -0.39 is 9.24 Å². The Kier molecular flexibility index (Phi) is 3.63. The van der Waals surface area contributed by atoms with Gasteiger partial charge in [0, 0.05) is 21.3 Å². The zero-order chi connectivity index (χ0) is 10.6. The lowest BCUT2D eigenvalue weighted by Gasteiger charge is -2.01. The highest BCUT2D eigenvalue weighted by atomic mass is 35.7. The summed E-state index contributed by atoms with van der Waals surface area (Å²) in [5.74, 6) is 0. The fourth-order valence-corrected chi connectivity index (χ4v) is 1.85. The van der Waals surface area contributed by atoms with Gasteiger partial charge in [-0.15, -0.1) is 0 Å². The van der Waals surface area contributed by atoms with Gasteiger partial charge >= 0.3 is 9.24 Å². The van der Waals surface area contributed by atoms with Gasteiger partial charge in [0.05, 0.1) is 0 Å². The molecule has 0 unspecified atom stereocenters. The number of halogens is 1. The minimum atomic E-state index is -3.75. The van der Waals surface area contributed by atoms with Crippen LogP contribution in [0.5, 0.6) is 0 Å². The van der Waals surface area contributed by atoms with Crippen molar-refractivity contribution in [1.82, 2.24) is 0 Å². The zero-order valence-corrected chi connectivity index (χ0v) is 9.16. The molecule has 0 heterocycles. The van der Waals surface area contributed by atoms with Crippen molar-refractivity contribution in [3.05, 3.63) is 24.3 Å². The van der Waals surface area contributed by atoms with Crippen LogP contribution in [0, 0.1) is 10.7 Å². The summed E-state index contributed by atoms with van der Waals surface area (Å²) in [4.78, 5) is 0.741. The predicted octanol–water partition coefficient (Wildman–Crippen LogP) is 2.16. The van der Waals surface area contributed by atoms with Crippen molar-refractivity contribution in [1.29, 1.82) is 5.26 Å². The van der Waals surface area contributed by atoms with Crippen LogP contribution in [0.4, 0.5) is 5.69 Å². The third-order valence-electron chi connectivity index (χ3n) is 1.26. The Morgan fingerprint density at radius 3 is 2.36 bits per heavy atom. The van der Waals surface area contributed by atoms with Gasteiger partial charge in [0.25, 0.3) is 0 Å². The van der Waals surface area contributed by atoms with E-state index >= 15 is 0 Å². The third-order valence-corrected chi connectivity index (χ3v) is 2.57. The lowest BCUT2D eigenvalue weighted by atomic mass is 10.3. The number of thiocyanates is 1. The lowest BCUT2D eigenvalue weighted by Crippen LogP contribution is -2.03. The van der Waals surface area contributed by atoms with Gasteiger partial charge in [0.2, 0.25) is 0 Å². The molecule has 0 amide bonds. The number of thioether (sulfide) groups is 1. The zero-order valence-electron chi connectivity index (χ0n) is 6.77. The molecule has 0 aliphatic carbocycles. The number of benzene rings is 1. The summed E-state index contributed by atoms with van der Waals surface area (Å²) in [6.07, 6.45) is 0. The molecule has 1 aromatic carbocycles. The first-order chi connectivity index (χ1) is 6.51. The van der Waals surface area contributed by atoms with E-state index in [1.54, 1.807) is 12.1 Å². The summed E-state index contributed by atoms with van der Waals surface area (Å²) < 4.78 is 23.3. The van der Waals surface area contributed by atoms with E-state index in [2.05, 4.69) is 4.72 Å². The average Bonchev–Trinajstić information content (AvgIpc) is 2.06. The largest absolute Gasteiger partial charge is 0.319 e. The molecule has 0 bridgehead atoms. The van der Waals surface area contributed by atoms with Crippen LogP contribution in [0.25, 0.3) is 0 Å². The van der Waals surface area contributed by atoms with Crippen LogP contribution in [0.2, 0.25) is 0 Å². The van der Waals surface area contributed by atoms with Gasteiger partial charge in [-0.1, -0.05) is 0 Å². The summed E-state index contributed by atoms with van der Waals surface area (Å²) in [5.41, 5.74) is 0.363. The minimum absolute atomic E-state index is 0.363. The van der Waals surface area contributed by atoms with Crippen LogP contribution in [0.15, 0.2) is 29.2 Å². The molecule has 0 spiro atoms. The van der Waals surface area contributed by atoms with Gasteiger partial charge < -0.3 is 0 Å². The Hall–Kier alpha value is -0.900. The first-order valence-electron chi connectivity index (χ1n) is 3.39. The van der Waals surface area contributed by atoms with E-state index in [0.29, 0.717) is 5.69 Å². The SMILES string of the molecule is N#CSc1ccc(NS(=O)(=O)Cl)cc1. The number of rotatable bonds is 3. The predicted molar refractivity (Wildman–Crippen MR) is 56.3 cm³/mol. The number of nitrogens with one attached hydrogen (secondary N) is 1. The molecule has 0 atom stereocenters. The van der Waals surface area contributed by atoms with E-state index in [1.165, 1.54) is 12.1 Å². The molecule has 0 aliphatic heterocycles. The standard InChI is InChI=1S/C7H5ClN2O2S2/c8-14(11,12)10-6-1-3-7(4-2-6)13-5-9/h1-4,10H. The van der Waals surface area contributed by atoms with Crippen molar-refractivity contribution < 1.29 is 8.42 Å². The maximum Gasteiger partial charge on any atom is 0.319 e. The number of nitriles is 1. The minimum Gasteiger partial charge on any atom is -0.271 e. The van der Waals surface area contributed by atoms with Gasteiger partial charge in [0.1, 0.15) is 5.40 Å². The van der Waals surface area contributed by atoms with Gasteiger partial charge in [-0.2, -0.15) is 13.7 Å². The van der Waals surface area contributed by atoms with Gasteiger partial charge in [0.15, 0.2) is 0 Å². The van der Waals surface area contributed by atoms with Gasteiger partial charge in [-0.05, 0) is 36.0 Å². The summed E-state index contributed by atoms with van der Waals surface area (Å²) >= 11 is 0.997. The molecule has 0 fully saturated rings. The molecule has 1 rings (SSSR count). The molecule has 4 nitrogen and oxygen atoms in total. The van der Waals surface area contributed by atoms with E-state index in [9.17, 15) is 8.42 Å². The lowest BCUT2D eigenvalue weighted by molar-refractivity contribution is 0.614. The fourth-order valence-electron chi connectivity index (χ4n) is 0.784. The van der Waals surface area contributed by atoms with Crippen LogP contribution in [-0.4, -0.2) is 8.42 Å². The molecule has 0 aromatic heterocycles. The van der Waals surface area contributed by atoms with E-state index in [-0.39, 0.29) is 0 Å². The fraction of sp³-hybridized carbons (Fsp3) is 0. The van der Waals surface area contributed by atoms with E-state index in [0.717, 1.165) is 16.7 Å². The highest BCUT2D eigenvalue weighted by molar-refractivity contribution is 8.14. The number of hydrogen-bond acceptors (Lipinski definition) is 4. The Morgan fingerprint density at radius 2 is 1.93 bits per heavy atom. The van der Waals surface area contributed by atoms with Crippen LogP contribution in [-0.2, 0) is 9.24 Å². The topological polar surface area (TPSA) is 70.0 Å². The summed E-state index contributed by atoms with van der Waals surface area (Å²) in [7, 11) is 1.22. The summed E-state index contributed by atoms with van der Waals surface area (Å²) in [5, 5.41) is 10.3. The Morgan fingerprint density at radius 1 is 1.36 bits per heavy atom. The monoisotopic (exact) mass is 248 g/mol. The van der Waals surface area contributed by atoms with Crippen LogP contribution in [0.1, 0.15) is 0 Å². The summed E-state index contributed by atoms with van der Waals surface area (Å²) in [6, 6.07) is 6.30. The van der Waals surface area contributed by atoms with Gasteiger partial charge in [-0.25, -0.2) is 0 Å². The molecule has 0 saturated heterocycles. The van der Waals surface area contributed by atoms with E-state index in [4.69, 9.17) is 15.9 Å². The maximum absolute atomic E-state index is 10.6. The molecule has 0 saturated carbocycles. The van der Waals surface area contributed by atoms with Crippen LogP contribution < -0.4 is 4.72 Å². The highest BCUT2D eigenvalue weighted by Crippen LogP contribution is 2.19. The smallest absolute Gasteiger partial charge is 0.271 e. The Labute approximate surface area is 90.4 Å². The van der Waals surface area contributed by atoms with Crippen molar-refractivity contribution in [2.45, 2.75) is 4.90 Å². The van der Waals surface area contributed by atoms with Crippen molar-refractivity contribution >= 4 is 37.4 Å². The Bertz CT molecular complexity index is 450. The Balaban J connectivity index is 2.80. The third kappa shape index (κ3) is 3.87. The normalized spacial score (nSPS) is 10.6. The number of nitrogens with zero attached hydrogens (tertiary/aromatic N) is 1. The first-order valence-corrected chi connectivity index (χ1v) is 6.52. The van der Waals surface area contributed by atoms with Crippen LogP contribution in [0.3, 0.4) is 0 Å². The van der Waals surface area contributed by atoms with Gasteiger partial charge in [-0.3, -0.25) is 4.72 Å². The first kappa shape index (κ1) is 11.2. The molecule has 0 aliphatic rings. The van der Waals surface area contributed by atoms with Crippen molar-refractivity contribution in [3.63, 3.8) is 0 Å². The second-order valence-corrected chi connectivity index (χ2v) is 5.41. The molecular weight excluding hydrogens is 244 g/mol. The molecule has 7 heteroatoms. The van der Waals surface area contributed by atoms with Crippen molar-refractivity contribution in [2.24, 2.45) is 0 Å². The maximum atomic E-state index is 10.6. The molecule has 1 aromatic rings. The highest BCUT2D eigenvalue weighted by Gasteiger charge is 2.03. The summed E-state index contributed by atoms with van der Waals surface area (Å²) in [6.45, 7) is 0. The molecule has 14 heavy (non-hydrogen) atoms. The second-order valence-electron chi connectivity index (χ2n) is 2.26. The number of hydrogen-bond donors (Lipinski definition) is 1. The molecule has 0 radical (unpaired) electrons. The van der Waals surface area contributed by atoms with Crippen LogP contribution >= 0.6 is 22.4 Å². The second kappa shape index (κ2) is 4.55. The quantitative estimate of drug-likeness (QED) is 0.506. The van der Waals surface area contributed by atoms with E-state index in [1.807, 2.05) is 5.40 Å². The number of anilines is 1. The van der Waals surface area contributed by atoms with Crippen molar-refractivity contribution in [2.75, 3.05) is 4.72 Å². The average molecular weight is 249 g/mol. The van der Waals surface area contributed by atoms with Crippen molar-refractivity contribution in [3.8, 4) is 5.40 Å². The molecule has 1 N–H and O–H groups in total.